The molecule has 0 atom stereocenters. The number of nitrogens with zero attached hydrogens (tertiary/aromatic N) is 3. The summed E-state index contributed by atoms with van der Waals surface area (Å²) in [4.78, 5) is 23.4. The van der Waals surface area contributed by atoms with Gasteiger partial charge in [-0.15, -0.1) is 0 Å². The average Bonchev–Trinajstić information content (AvgIpc) is 2.72. The number of anilines is 2. The molecule has 0 bridgehead atoms. The zero-order valence-electron chi connectivity index (χ0n) is 15.7. The van der Waals surface area contributed by atoms with E-state index in [0.717, 1.165) is 24.6 Å². The Morgan fingerprint density at radius 2 is 1.86 bits per heavy atom. The standard InChI is InChI=1S/C19H23N5O4/c1-13-10-18(24-4-6-26-7-5-24)23-17(21-13)12-20-19(25)22-14-2-3-15-16(11-14)28-9-8-27-15/h2-3,10-11H,4-9,12H2,1H3,(H2,20,22,25). The van der Waals surface area contributed by atoms with Crippen molar-refractivity contribution in [1.82, 2.24) is 15.3 Å². The highest BCUT2D eigenvalue weighted by atomic mass is 16.6. The van der Waals surface area contributed by atoms with Crippen LogP contribution in [-0.2, 0) is 11.3 Å². The summed E-state index contributed by atoms with van der Waals surface area (Å²) < 4.78 is 16.4. The van der Waals surface area contributed by atoms with Crippen LogP contribution < -0.4 is 25.0 Å². The van der Waals surface area contributed by atoms with Gasteiger partial charge < -0.3 is 29.7 Å². The van der Waals surface area contributed by atoms with Gasteiger partial charge in [0, 0.05) is 36.6 Å². The summed E-state index contributed by atoms with van der Waals surface area (Å²) in [6.45, 7) is 6.16. The molecule has 4 rings (SSSR count). The van der Waals surface area contributed by atoms with Crippen LogP contribution in [0.2, 0.25) is 0 Å². The maximum atomic E-state index is 12.2. The molecule has 28 heavy (non-hydrogen) atoms. The van der Waals surface area contributed by atoms with E-state index < -0.39 is 0 Å². The van der Waals surface area contributed by atoms with E-state index in [1.807, 2.05) is 13.0 Å². The van der Waals surface area contributed by atoms with Crippen LogP contribution in [0, 0.1) is 6.92 Å². The number of ether oxygens (including phenoxy) is 3. The minimum Gasteiger partial charge on any atom is -0.486 e. The van der Waals surface area contributed by atoms with Gasteiger partial charge in [0.1, 0.15) is 24.9 Å². The quantitative estimate of drug-likeness (QED) is 0.827. The number of carbonyl (C=O) groups is 1. The first kappa shape index (κ1) is 18.3. The van der Waals surface area contributed by atoms with Gasteiger partial charge >= 0.3 is 6.03 Å². The Morgan fingerprint density at radius 3 is 2.68 bits per heavy atom. The summed E-state index contributed by atoms with van der Waals surface area (Å²) in [5, 5.41) is 5.58. The summed E-state index contributed by atoms with van der Waals surface area (Å²) in [5.41, 5.74) is 1.49. The SMILES string of the molecule is Cc1cc(N2CCOCC2)nc(CNC(=O)Nc2ccc3c(c2)OCCO3)n1. The van der Waals surface area contributed by atoms with Crippen LogP contribution in [-0.4, -0.2) is 55.5 Å². The lowest BCUT2D eigenvalue weighted by Crippen LogP contribution is -2.37. The molecule has 0 saturated carbocycles. The summed E-state index contributed by atoms with van der Waals surface area (Å²) >= 11 is 0. The second kappa shape index (κ2) is 8.30. The molecule has 3 heterocycles. The van der Waals surface area contributed by atoms with Crippen molar-refractivity contribution in [2.24, 2.45) is 0 Å². The summed E-state index contributed by atoms with van der Waals surface area (Å²) in [7, 11) is 0. The molecule has 9 heteroatoms. The van der Waals surface area contributed by atoms with Crippen LogP contribution in [0.4, 0.5) is 16.3 Å². The number of aromatic nitrogens is 2. The molecule has 2 aliphatic rings. The number of carbonyl (C=O) groups excluding carboxylic acids is 1. The van der Waals surface area contributed by atoms with E-state index in [9.17, 15) is 4.79 Å². The van der Waals surface area contributed by atoms with Crippen molar-refractivity contribution < 1.29 is 19.0 Å². The minimum atomic E-state index is -0.338. The molecular weight excluding hydrogens is 362 g/mol. The molecule has 1 saturated heterocycles. The maximum absolute atomic E-state index is 12.2. The molecule has 148 valence electrons. The number of fused-ring (bicyclic) bond motifs is 1. The Morgan fingerprint density at radius 1 is 1.07 bits per heavy atom. The third-order valence-electron chi connectivity index (χ3n) is 4.43. The third-order valence-corrected chi connectivity index (χ3v) is 4.43. The second-order valence-corrected chi connectivity index (χ2v) is 6.55. The van der Waals surface area contributed by atoms with Crippen LogP contribution in [0.15, 0.2) is 24.3 Å². The summed E-state index contributed by atoms with van der Waals surface area (Å²) in [5.74, 6) is 2.74. The molecule has 2 N–H and O–H groups in total. The molecule has 0 unspecified atom stereocenters. The number of rotatable bonds is 4. The summed E-state index contributed by atoms with van der Waals surface area (Å²) in [6, 6.07) is 6.90. The number of hydrogen-bond donors (Lipinski definition) is 2. The monoisotopic (exact) mass is 385 g/mol. The van der Waals surface area contributed by atoms with Gasteiger partial charge in [-0.1, -0.05) is 0 Å². The first-order valence-corrected chi connectivity index (χ1v) is 9.29. The molecule has 9 nitrogen and oxygen atoms in total. The van der Waals surface area contributed by atoms with Gasteiger partial charge in [0.25, 0.3) is 0 Å². The van der Waals surface area contributed by atoms with Crippen LogP contribution >= 0.6 is 0 Å². The van der Waals surface area contributed by atoms with Gasteiger partial charge in [-0.3, -0.25) is 0 Å². The topological polar surface area (TPSA) is 97.8 Å². The van der Waals surface area contributed by atoms with Crippen LogP contribution in [0.5, 0.6) is 11.5 Å². The molecule has 0 spiro atoms. The van der Waals surface area contributed by atoms with E-state index in [0.29, 0.717) is 49.4 Å². The van der Waals surface area contributed by atoms with Crippen molar-refractivity contribution in [3.8, 4) is 11.5 Å². The predicted molar refractivity (Wildman–Crippen MR) is 103 cm³/mol. The van der Waals surface area contributed by atoms with Gasteiger partial charge in [-0.25, -0.2) is 14.8 Å². The molecule has 2 aromatic rings. The fourth-order valence-electron chi connectivity index (χ4n) is 3.10. The molecule has 2 aliphatic heterocycles. The van der Waals surface area contributed by atoms with Gasteiger partial charge in [0.15, 0.2) is 11.5 Å². The van der Waals surface area contributed by atoms with Crippen molar-refractivity contribution >= 4 is 17.5 Å². The minimum absolute atomic E-state index is 0.232. The fraction of sp³-hybridized carbons (Fsp3) is 0.421. The van der Waals surface area contributed by atoms with Gasteiger partial charge in [-0.2, -0.15) is 0 Å². The Kier molecular flexibility index (Phi) is 5.43. The highest BCUT2D eigenvalue weighted by Crippen LogP contribution is 2.32. The number of amides is 2. The molecular formula is C19H23N5O4. The molecule has 0 radical (unpaired) electrons. The zero-order valence-corrected chi connectivity index (χ0v) is 15.7. The van der Waals surface area contributed by atoms with Crippen LogP contribution in [0.1, 0.15) is 11.5 Å². The fourth-order valence-corrected chi connectivity index (χ4v) is 3.10. The first-order valence-electron chi connectivity index (χ1n) is 9.29. The lowest BCUT2D eigenvalue weighted by molar-refractivity contribution is 0.122. The van der Waals surface area contributed by atoms with E-state index in [2.05, 4.69) is 25.5 Å². The number of aryl methyl sites for hydroxylation is 1. The Balaban J connectivity index is 1.36. The molecule has 1 aromatic heterocycles. The average molecular weight is 385 g/mol. The Labute approximate surface area is 163 Å². The molecule has 1 aromatic carbocycles. The van der Waals surface area contributed by atoms with Crippen LogP contribution in [0.25, 0.3) is 0 Å². The van der Waals surface area contributed by atoms with Gasteiger partial charge in [-0.05, 0) is 19.1 Å². The predicted octanol–water partition coefficient (Wildman–Crippen LogP) is 1.71. The van der Waals surface area contributed by atoms with Crippen molar-refractivity contribution in [1.29, 1.82) is 0 Å². The van der Waals surface area contributed by atoms with Crippen molar-refractivity contribution in [2.75, 3.05) is 49.7 Å². The highest BCUT2D eigenvalue weighted by Gasteiger charge is 2.15. The zero-order chi connectivity index (χ0) is 19.3. The number of hydrogen-bond acceptors (Lipinski definition) is 7. The second-order valence-electron chi connectivity index (χ2n) is 6.55. The molecule has 2 amide bonds. The number of nitrogens with one attached hydrogen (secondary N) is 2. The smallest absolute Gasteiger partial charge is 0.319 e. The number of morpholine rings is 1. The first-order chi connectivity index (χ1) is 13.7. The number of benzene rings is 1. The largest absolute Gasteiger partial charge is 0.486 e. The van der Waals surface area contributed by atoms with E-state index in [1.165, 1.54) is 0 Å². The highest BCUT2D eigenvalue weighted by molar-refractivity contribution is 5.89. The Hall–Kier alpha value is -3.07. The van der Waals surface area contributed by atoms with Crippen LogP contribution in [0.3, 0.4) is 0 Å². The van der Waals surface area contributed by atoms with E-state index in [1.54, 1.807) is 18.2 Å². The lowest BCUT2D eigenvalue weighted by Gasteiger charge is -2.28. The van der Waals surface area contributed by atoms with E-state index >= 15 is 0 Å². The van der Waals surface area contributed by atoms with Gasteiger partial charge in [0.05, 0.1) is 19.8 Å². The summed E-state index contributed by atoms with van der Waals surface area (Å²) in [6.07, 6.45) is 0. The number of urea groups is 1. The van der Waals surface area contributed by atoms with E-state index in [4.69, 9.17) is 14.2 Å². The normalized spacial score (nSPS) is 15.8. The van der Waals surface area contributed by atoms with Gasteiger partial charge in [0.2, 0.25) is 0 Å². The molecule has 0 aliphatic carbocycles. The van der Waals surface area contributed by atoms with Crippen molar-refractivity contribution in [3.63, 3.8) is 0 Å². The van der Waals surface area contributed by atoms with E-state index in [-0.39, 0.29) is 12.6 Å². The lowest BCUT2D eigenvalue weighted by atomic mass is 10.2. The maximum Gasteiger partial charge on any atom is 0.319 e. The van der Waals surface area contributed by atoms with Crippen molar-refractivity contribution in [2.45, 2.75) is 13.5 Å². The molecule has 1 fully saturated rings. The third kappa shape index (κ3) is 4.42. The van der Waals surface area contributed by atoms with Crippen molar-refractivity contribution in [3.05, 3.63) is 35.8 Å². The Bertz CT molecular complexity index is 854.